The fourth-order valence-electron chi connectivity index (χ4n) is 5.59. The molecule has 7 nitrogen and oxygen atoms in total. The van der Waals surface area contributed by atoms with Gasteiger partial charge in [0, 0.05) is 32.1 Å². The van der Waals surface area contributed by atoms with E-state index in [1.54, 1.807) is 11.0 Å². The van der Waals surface area contributed by atoms with E-state index in [4.69, 9.17) is 9.59 Å². The van der Waals surface area contributed by atoms with E-state index in [2.05, 4.69) is 16.9 Å². The molecule has 1 aromatic heterocycles. The average molecular weight is 601 g/mol. The molecule has 2 aliphatic heterocycles. The quantitative estimate of drug-likeness (QED) is 0.304. The molecule has 1 aromatic carbocycles. The Morgan fingerprint density at radius 2 is 1.55 bits per heavy atom. The highest BCUT2D eigenvalue weighted by molar-refractivity contribution is 5.87. The number of Topliss-reactive ketones (excluding diaryl/α,β-unsaturated/α-hetero) is 1. The third-order valence-corrected chi connectivity index (χ3v) is 7.68. The van der Waals surface area contributed by atoms with Crippen LogP contribution in [0.4, 0.5) is 38.0 Å². The van der Waals surface area contributed by atoms with E-state index in [0.29, 0.717) is 56.8 Å². The molecule has 230 valence electrons. The fourth-order valence-corrected chi connectivity index (χ4v) is 5.59. The highest BCUT2D eigenvalue weighted by Gasteiger charge is 2.38. The fraction of sp³-hybridized carbons (Fsp3) is 0.586. The maximum absolute atomic E-state index is 13.7. The lowest BCUT2D eigenvalue weighted by molar-refractivity contribution is -0.191. The lowest BCUT2D eigenvalue weighted by Gasteiger charge is -2.34. The molecule has 2 fully saturated rings. The molecule has 0 unspecified atom stereocenters. The van der Waals surface area contributed by atoms with E-state index in [1.807, 2.05) is 4.90 Å². The zero-order valence-corrected chi connectivity index (χ0v) is 23.3. The Kier molecular flexibility index (Phi) is 11.5. The van der Waals surface area contributed by atoms with Gasteiger partial charge in [0.25, 0.3) is 0 Å². The SMILES string of the molecule is CCCC1CCN(c2cc(N3CCC[C@H]3C(=O)CCCc3ccc(C(F)(F)F)cc3)nc(C(F)(F)F)n2)CC1.O=C=O. The molecule has 2 saturated heterocycles. The largest absolute Gasteiger partial charge is 0.451 e. The number of ketones is 1. The summed E-state index contributed by atoms with van der Waals surface area (Å²) in [6.45, 7) is 3.80. The summed E-state index contributed by atoms with van der Waals surface area (Å²) in [6, 6.07) is 5.84. The zero-order valence-electron chi connectivity index (χ0n) is 23.3. The number of carbonyl (C=O) groups is 1. The van der Waals surface area contributed by atoms with Gasteiger partial charge in [0.1, 0.15) is 11.6 Å². The van der Waals surface area contributed by atoms with Crippen molar-refractivity contribution in [1.29, 1.82) is 0 Å². The molecular formula is C29H34F6N4O3. The van der Waals surface area contributed by atoms with Crippen LogP contribution < -0.4 is 9.80 Å². The standard InChI is InChI=1S/C28H34F6N4O.CO2/c1-2-5-19-13-16-37(17-14-19)24-18-25(36-26(35-24)28(32,33)34)38-15-4-7-22(38)23(39)8-3-6-20-9-11-21(12-10-20)27(29,30)31;2-1-3/h9-12,18-19,22H,2-8,13-17H2,1H3;/t22-;/m0./s1. The number of benzene rings is 1. The first-order valence-electron chi connectivity index (χ1n) is 14.0. The van der Waals surface area contributed by atoms with E-state index < -0.39 is 29.8 Å². The van der Waals surface area contributed by atoms with Gasteiger partial charge in [0.05, 0.1) is 11.6 Å². The number of carbonyl (C=O) groups excluding carboxylic acids is 3. The van der Waals surface area contributed by atoms with Crippen molar-refractivity contribution in [3.8, 4) is 0 Å². The van der Waals surface area contributed by atoms with E-state index in [1.165, 1.54) is 12.1 Å². The highest BCUT2D eigenvalue weighted by atomic mass is 19.4. The number of anilines is 2. The summed E-state index contributed by atoms with van der Waals surface area (Å²) >= 11 is 0. The van der Waals surface area contributed by atoms with Crippen LogP contribution in [0.2, 0.25) is 0 Å². The first-order chi connectivity index (χ1) is 19.9. The number of nitrogens with zero attached hydrogens (tertiary/aromatic N) is 4. The van der Waals surface area contributed by atoms with Gasteiger partial charge in [-0.05, 0) is 62.1 Å². The monoisotopic (exact) mass is 600 g/mol. The molecule has 3 heterocycles. The summed E-state index contributed by atoms with van der Waals surface area (Å²) in [6.07, 6.45) is -2.67. The second kappa shape index (κ2) is 14.6. The van der Waals surface area contributed by atoms with Crippen LogP contribution in [0, 0.1) is 5.92 Å². The number of hydrogen-bond acceptors (Lipinski definition) is 7. The van der Waals surface area contributed by atoms with Crippen LogP contribution in [-0.2, 0) is 33.2 Å². The summed E-state index contributed by atoms with van der Waals surface area (Å²) in [4.78, 5) is 40.6. The first kappa shape index (κ1) is 33.0. The van der Waals surface area contributed by atoms with Crippen molar-refractivity contribution >= 4 is 23.6 Å². The summed E-state index contributed by atoms with van der Waals surface area (Å²) in [5, 5.41) is 0. The molecule has 0 bridgehead atoms. The smallest absolute Gasteiger partial charge is 0.356 e. The molecule has 42 heavy (non-hydrogen) atoms. The number of alkyl halides is 6. The molecule has 0 saturated carbocycles. The van der Waals surface area contributed by atoms with Gasteiger partial charge in [-0.25, -0.2) is 9.97 Å². The maximum Gasteiger partial charge on any atom is 0.451 e. The van der Waals surface area contributed by atoms with Crippen LogP contribution in [0.1, 0.15) is 75.2 Å². The molecule has 1 atom stereocenters. The number of aromatic nitrogens is 2. The van der Waals surface area contributed by atoms with Crippen LogP contribution in [0.25, 0.3) is 0 Å². The predicted molar refractivity (Wildman–Crippen MR) is 142 cm³/mol. The van der Waals surface area contributed by atoms with Gasteiger partial charge in [0.2, 0.25) is 5.82 Å². The Morgan fingerprint density at radius 1 is 0.929 bits per heavy atom. The van der Waals surface area contributed by atoms with E-state index >= 15 is 0 Å². The molecule has 0 amide bonds. The highest BCUT2D eigenvalue weighted by Crippen LogP contribution is 2.35. The third kappa shape index (κ3) is 9.01. The first-order valence-corrected chi connectivity index (χ1v) is 14.0. The van der Waals surface area contributed by atoms with Gasteiger partial charge in [-0.15, -0.1) is 0 Å². The number of aryl methyl sites for hydroxylation is 1. The third-order valence-electron chi connectivity index (χ3n) is 7.68. The molecule has 4 rings (SSSR count). The summed E-state index contributed by atoms with van der Waals surface area (Å²) in [5.41, 5.74) is -0.0336. The van der Waals surface area contributed by atoms with Crippen LogP contribution >= 0.6 is 0 Å². The summed E-state index contributed by atoms with van der Waals surface area (Å²) < 4.78 is 79.5. The molecule has 0 aliphatic carbocycles. The topological polar surface area (TPSA) is 83.5 Å². The van der Waals surface area contributed by atoms with E-state index in [-0.39, 0.29) is 30.0 Å². The van der Waals surface area contributed by atoms with Crippen LogP contribution in [0.3, 0.4) is 0 Å². The lowest BCUT2D eigenvalue weighted by atomic mass is 9.92. The Balaban J connectivity index is 0.00000155. The number of halogens is 6. The van der Waals surface area contributed by atoms with Crippen LogP contribution in [0.15, 0.2) is 30.3 Å². The van der Waals surface area contributed by atoms with Gasteiger partial charge < -0.3 is 9.80 Å². The van der Waals surface area contributed by atoms with Crippen molar-refractivity contribution in [3.63, 3.8) is 0 Å². The minimum atomic E-state index is -4.72. The van der Waals surface area contributed by atoms with Gasteiger partial charge >= 0.3 is 18.5 Å². The lowest BCUT2D eigenvalue weighted by Crippen LogP contribution is -2.38. The van der Waals surface area contributed by atoms with Gasteiger partial charge in [0.15, 0.2) is 5.78 Å². The van der Waals surface area contributed by atoms with Crippen molar-refractivity contribution in [3.05, 3.63) is 47.3 Å². The molecule has 0 spiro atoms. The summed E-state index contributed by atoms with van der Waals surface area (Å²) in [5.74, 6) is -0.387. The normalized spacial score (nSPS) is 17.9. The van der Waals surface area contributed by atoms with Crippen molar-refractivity contribution in [2.75, 3.05) is 29.4 Å². The Morgan fingerprint density at radius 3 is 2.12 bits per heavy atom. The van der Waals surface area contributed by atoms with Gasteiger partial charge in [-0.1, -0.05) is 31.9 Å². The molecule has 2 aliphatic rings. The second-order valence-corrected chi connectivity index (χ2v) is 10.6. The minimum Gasteiger partial charge on any atom is -0.356 e. The molecular weight excluding hydrogens is 566 g/mol. The molecule has 0 radical (unpaired) electrons. The Hall–Kier alpha value is -3.47. The van der Waals surface area contributed by atoms with Crippen LogP contribution in [0.5, 0.6) is 0 Å². The van der Waals surface area contributed by atoms with Crippen molar-refractivity contribution in [2.45, 2.75) is 83.1 Å². The van der Waals surface area contributed by atoms with Crippen molar-refractivity contribution in [1.82, 2.24) is 9.97 Å². The summed E-state index contributed by atoms with van der Waals surface area (Å²) in [7, 11) is 0. The number of hydrogen-bond donors (Lipinski definition) is 0. The number of rotatable bonds is 9. The van der Waals surface area contributed by atoms with E-state index in [0.717, 1.165) is 37.8 Å². The van der Waals surface area contributed by atoms with Crippen LogP contribution in [-0.4, -0.2) is 47.6 Å². The zero-order chi connectivity index (χ0) is 30.9. The minimum absolute atomic E-state index is 0.103. The predicted octanol–water partition coefficient (Wildman–Crippen LogP) is 6.51. The Bertz CT molecular complexity index is 1210. The maximum atomic E-state index is 13.7. The van der Waals surface area contributed by atoms with Crippen molar-refractivity contribution < 1.29 is 40.7 Å². The van der Waals surface area contributed by atoms with Gasteiger partial charge in [-0.2, -0.15) is 35.9 Å². The molecule has 13 heteroatoms. The van der Waals surface area contributed by atoms with E-state index in [9.17, 15) is 31.1 Å². The molecule has 2 aromatic rings. The molecule has 0 N–H and O–H groups in total. The van der Waals surface area contributed by atoms with Crippen molar-refractivity contribution in [2.24, 2.45) is 5.92 Å². The van der Waals surface area contributed by atoms with Gasteiger partial charge in [-0.3, -0.25) is 4.79 Å². The Labute approximate surface area is 240 Å². The average Bonchev–Trinajstić information content (AvgIpc) is 3.44. The second-order valence-electron chi connectivity index (χ2n) is 10.6. The number of piperidine rings is 1.